The molecule has 112 valence electrons. The number of nitrogens with one attached hydrogen (secondary N) is 1. The molecule has 0 radical (unpaired) electrons. The third-order valence-corrected chi connectivity index (χ3v) is 3.85. The van der Waals surface area contributed by atoms with Crippen molar-refractivity contribution in [3.63, 3.8) is 0 Å². The molecule has 0 spiro atoms. The van der Waals surface area contributed by atoms with Crippen molar-refractivity contribution in [1.29, 1.82) is 0 Å². The van der Waals surface area contributed by atoms with Crippen LogP contribution in [0.15, 0.2) is 40.5 Å². The van der Waals surface area contributed by atoms with E-state index < -0.39 is 5.97 Å². The Bertz CT molecular complexity index is 876. The molecule has 7 nitrogen and oxygen atoms in total. The molecule has 2 N–H and O–H groups in total. The van der Waals surface area contributed by atoms with Crippen LogP contribution < -0.4 is 10.3 Å². The van der Waals surface area contributed by atoms with Gasteiger partial charge in [-0.05, 0) is 29.8 Å². The maximum atomic E-state index is 12.0. The highest BCUT2D eigenvalue weighted by Gasteiger charge is 2.13. The third-order valence-electron chi connectivity index (χ3n) is 3.02. The highest BCUT2D eigenvalue weighted by Crippen LogP contribution is 2.21. The number of benzene rings is 1. The Hall–Kier alpha value is -2.87. The van der Waals surface area contributed by atoms with Gasteiger partial charge in [-0.25, -0.2) is 9.78 Å². The molecule has 0 aliphatic carbocycles. The molecule has 0 aliphatic heterocycles. The number of methoxy groups -OCH3 is 1. The predicted molar refractivity (Wildman–Crippen MR) is 81.0 cm³/mol. The first-order valence-electron chi connectivity index (χ1n) is 6.24. The fourth-order valence-corrected chi connectivity index (χ4v) is 2.68. The van der Waals surface area contributed by atoms with E-state index in [-0.39, 0.29) is 16.4 Å². The average molecular weight is 317 g/mol. The van der Waals surface area contributed by atoms with Gasteiger partial charge in [-0.3, -0.25) is 9.89 Å². The minimum Gasteiger partial charge on any atom is -0.497 e. The molecule has 8 heteroatoms. The van der Waals surface area contributed by atoms with Crippen LogP contribution in [0.2, 0.25) is 0 Å². The molecule has 0 amide bonds. The lowest BCUT2D eigenvalue weighted by molar-refractivity contribution is 0.0691. The quantitative estimate of drug-likeness (QED) is 0.767. The molecule has 0 saturated carbocycles. The van der Waals surface area contributed by atoms with E-state index in [1.165, 1.54) is 16.1 Å². The van der Waals surface area contributed by atoms with Crippen molar-refractivity contribution in [3.8, 4) is 22.1 Å². The molecule has 2 aromatic heterocycles. The number of ether oxygens (including phenoxy) is 1. The van der Waals surface area contributed by atoms with E-state index in [0.29, 0.717) is 5.69 Å². The molecule has 0 aliphatic rings. The average Bonchev–Trinajstić information content (AvgIpc) is 3.14. The maximum absolute atomic E-state index is 12.0. The molecule has 0 atom stereocenters. The van der Waals surface area contributed by atoms with Crippen LogP contribution in [0.1, 0.15) is 10.5 Å². The van der Waals surface area contributed by atoms with Crippen molar-refractivity contribution in [2.24, 2.45) is 0 Å². The van der Waals surface area contributed by atoms with Gasteiger partial charge in [-0.1, -0.05) is 0 Å². The second-order valence-corrected chi connectivity index (χ2v) is 5.23. The Morgan fingerprint density at radius 2 is 2.09 bits per heavy atom. The number of carboxylic acids is 1. The molecule has 1 aromatic carbocycles. The van der Waals surface area contributed by atoms with Crippen molar-refractivity contribution >= 4 is 17.3 Å². The van der Waals surface area contributed by atoms with Crippen LogP contribution >= 0.6 is 11.3 Å². The lowest BCUT2D eigenvalue weighted by Crippen LogP contribution is -2.13. The molecular formula is C14H11N3O4S. The first-order chi connectivity index (χ1) is 10.6. The summed E-state index contributed by atoms with van der Waals surface area (Å²) < 4.78 is 6.31. The maximum Gasteiger partial charge on any atom is 0.355 e. The van der Waals surface area contributed by atoms with Crippen LogP contribution in [0.4, 0.5) is 0 Å². The largest absolute Gasteiger partial charge is 0.497 e. The summed E-state index contributed by atoms with van der Waals surface area (Å²) in [6.45, 7) is 0. The highest BCUT2D eigenvalue weighted by atomic mass is 32.1. The predicted octanol–water partition coefficient (Wildman–Crippen LogP) is 2.00. The summed E-state index contributed by atoms with van der Waals surface area (Å²) in [7, 11) is 1.58. The first kappa shape index (κ1) is 14.1. The summed E-state index contributed by atoms with van der Waals surface area (Å²) in [5.74, 6) is -0.408. The van der Waals surface area contributed by atoms with Crippen LogP contribution in [0.5, 0.6) is 5.75 Å². The van der Waals surface area contributed by atoms with Gasteiger partial charge in [0.2, 0.25) is 5.13 Å². The monoisotopic (exact) mass is 317 g/mol. The first-order valence-corrected chi connectivity index (χ1v) is 7.12. The van der Waals surface area contributed by atoms with Gasteiger partial charge in [0.05, 0.1) is 12.8 Å². The molecule has 22 heavy (non-hydrogen) atoms. The van der Waals surface area contributed by atoms with Gasteiger partial charge >= 0.3 is 5.97 Å². The van der Waals surface area contributed by atoms with E-state index in [4.69, 9.17) is 9.84 Å². The van der Waals surface area contributed by atoms with E-state index >= 15 is 0 Å². The number of hydrogen-bond acceptors (Lipinski definition) is 5. The second-order valence-electron chi connectivity index (χ2n) is 4.39. The van der Waals surface area contributed by atoms with Crippen molar-refractivity contribution in [3.05, 3.63) is 51.8 Å². The van der Waals surface area contributed by atoms with Crippen LogP contribution in [-0.2, 0) is 0 Å². The molecule has 0 bridgehead atoms. The number of nitrogens with zero attached hydrogens (tertiary/aromatic N) is 2. The fourth-order valence-electron chi connectivity index (χ4n) is 1.92. The third kappa shape index (κ3) is 2.51. The number of rotatable bonds is 4. The molecule has 3 aromatic rings. The Balaban J connectivity index is 1.99. The van der Waals surface area contributed by atoms with E-state index in [1.807, 2.05) is 12.1 Å². The van der Waals surface area contributed by atoms with Crippen LogP contribution in [-0.4, -0.2) is 33.0 Å². The Labute approximate surface area is 128 Å². The zero-order chi connectivity index (χ0) is 15.7. The van der Waals surface area contributed by atoms with Crippen molar-refractivity contribution in [1.82, 2.24) is 14.8 Å². The van der Waals surface area contributed by atoms with Crippen LogP contribution in [0.3, 0.4) is 0 Å². The summed E-state index contributed by atoms with van der Waals surface area (Å²) >= 11 is 1.08. The van der Waals surface area contributed by atoms with Crippen LogP contribution in [0, 0.1) is 0 Å². The number of thiazole rings is 1. The highest BCUT2D eigenvalue weighted by molar-refractivity contribution is 7.12. The van der Waals surface area contributed by atoms with Gasteiger partial charge < -0.3 is 9.84 Å². The molecule has 3 rings (SSSR count). The number of hydrogen-bond donors (Lipinski definition) is 2. The summed E-state index contributed by atoms with van der Waals surface area (Å²) in [6, 6.07) is 8.65. The Kier molecular flexibility index (Phi) is 3.51. The molecule has 2 heterocycles. The minimum atomic E-state index is -1.13. The van der Waals surface area contributed by atoms with Gasteiger partial charge in [0.25, 0.3) is 5.56 Å². The van der Waals surface area contributed by atoms with E-state index in [1.54, 1.807) is 19.2 Å². The van der Waals surface area contributed by atoms with E-state index in [2.05, 4.69) is 10.1 Å². The zero-order valence-electron chi connectivity index (χ0n) is 11.4. The Morgan fingerprint density at radius 1 is 1.36 bits per heavy atom. The van der Waals surface area contributed by atoms with Gasteiger partial charge in [0.1, 0.15) is 5.75 Å². The second kappa shape index (κ2) is 5.49. The van der Waals surface area contributed by atoms with Crippen molar-refractivity contribution in [2.75, 3.05) is 7.11 Å². The summed E-state index contributed by atoms with van der Waals surface area (Å²) in [5.41, 5.74) is 1.02. The topological polar surface area (TPSA) is 97.2 Å². The molecule has 0 saturated heterocycles. The summed E-state index contributed by atoms with van der Waals surface area (Å²) in [6.07, 6.45) is 0. The lowest BCUT2D eigenvalue weighted by atomic mass is 10.1. The number of H-pyrrole nitrogens is 1. The molecule has 0 unspecified atom stereocenters. The van der Waals surface area contributed by atoms with Gasteiger partial charge in [0.15, 0.2) is 5.69 Å². The summed E-state index contributed by atoms with van der Waals surface area (Å²) in [5, 5.41) is 13.5. The number of aromatic carboxylic acids is 1. The lowest BCUT2D eigenvalue weighted by Gasteiger charge is -2.01. The number of aromatic amines is 1. The SMILES string of the molecule is COc1ccc(-c2cc(=O)n(-c3nc(C(=O)O)cs3)[nH]2)cc1. The smallest absolute Gasteiger partial charge is 0.355 e. The molecule has 0 fully saturated rings. The Morgan fingerprint density at radius 3 is 2.68 bits per heavy atom. The van der Waals surface area contributed by atoms with Gasteiger partial charge in [0, 0.05) is 11.4 Å². The number of aromatic nitrogens is 3. The van der Waals surface area contributed by atoms with Gasteiger partial charge in [-0.15, -0.1) is 11.3 Å². The standard InChI is InChI=1S/C14H11N3O4S/c1-21-9-4-2-8(3-5-9)10-6-12(18)17(16-10)14-15-11(7-22-14)13(19)20/h2-7,16H,1H3,(H,19,20). The van der Waals surface area contributed by atoms with E-state index in [0.717, 1.165) is 22.6 Å². The van der Waals surface area contributed by atoms with E-state index in [9.17, 15) is 9.59 Å². The van der Waals surface area contributed by atoms with Gasteiger partial charge in [-0.2, -0.15) is 4.68 Å². The van der Waals surface area contributed by atoms with Crippen LogP contribution in [0.25, 0.3) is 16.4 Å². The summed E-state index contributed by atoms with van der Waals surface area (Å²) in [4.78, 5) is 26.8. The fraction of sp³-hybridized carbons (Fsp3) is 0.0714. The number of carbonyl (C=O) groups is 1. The van der Waals surface area contributed by atoms with Crippen molar-refractivity contribution in [2.45, 2.75) is 0 Å². The van der Waals surface area contributed by atoms with Crippen molar-refractivity contribution < 1.29 is 14.6 Å². The number of carboxylic acid groups (broad SMARTS) is 1. The minimum absolute atomic E-state index is 0.0903. The molecular weight excluding hydrogens is 306 g/mol. The zero-order valence-corrected chi connectivity index (χ0v) is 12.3. The normalized spacial score (nSPS) is 10.6.